The third-order valence-electron chi connectivity index (χ3n) is 4.17. The molecule has 0 radical (unpaired) electrons. The molecule has 0 nitrogen and oxygen atoms in total. The molecule has 0 heterocycles. The first-order valence-electron chi connectivity index (χ1n) is 7.25. The molecule has 1 aliphatic carbocycles. The van der Waals surface area contributed by atoms with Crippen molar-refractivity contribution in [2.45, 2.75) is 12.8 Å². The molecule has 102 valence electrons. The molecule has 0 saturated heterocycles. The van der Waals surface area contributed by atoms with Gasteiger partial charge in [0.2, 0.25) is 0 Å². The van der Waals surface area contributed by atoms with Crippen molar-refractivity contribution < 1.29 is 0 Å². The number of halogens is 1. The average molecular weight is 335 g/mol. The molecule has 0 aliphatic heterocycles. The molecule has 0 bridgehead atoms. The molecule has 0 unspecified atom stereocenters. The van der Waals surface area contributed by atoms with Gasteiger partial charge in [0, 0.05) is 4.47 Å². The highest BCUT2D eigenvalue weighted by atomic mass is 79.9. The van der Waals surface area contributed by atoms with Crippen molar-refractivity contribution in [3.8, 4) is 11.1 Å². The topological polar surface area (TPSA) is 0 Å². The lowest BCUT2D eigenvalue weighted by molar-refractivity contribution is 1.18. The smallest absolute Gasteiger partial charge is 0.0181 e. The third-order valence-corrected chi connectivity index (χ3v) is 4.63. The van der Waals surface area contributed by atoms with Gasteiger partial charge in [0.25, 0.3) is 0 Å². The van der Waals surface area contributed by atoms with Crippen LogP contribution in [0.25, 0.3) is 11.1 Å². The van der Waals surface area contributed by atoms with Crippen molar-refractivity contribution in [3.05, 3.63) is 93.5 Å². The van der Waals surface area contributed by atoms with Crippen LogP contribution in [0.5, 0.6) is 0 Å². The largest absolute Gasteiger partial charge is 0.0622 e. The van der Waals surface area contributed by atoms with Crippen LogP contribution in [-0.2, 0) is 12.8 Å². The van der Waals surface area contributed by atoms with Crippen molar-refractivity contribution in [2.24, 2.45) is 0 Å². The van der Waals surface area contributed by atoms with Crippen molar-refractivity contribution >= 4 is 15.9 Å². The highest BCUT2D eigenvalue weighted by Gasteiger charge is 2.21. The molecule has 0 fully saturated rings. The van der Waals surface area contributed by atoms with Gasteiger partial charge in [0.1, 0.15) is 0 Å². The van der Waals surface area contributed by atoms with E-state index in [4.69, 9.17) is 0 Å². The zero-order valence-electron chi connectivity index (χ0n) is 11.6. The zero-order chi connectivity index (χ0) is 14.2. The maximum absolute atomic E-state index is 3.67. The summed E-state index contributed by atoms with van der Waals surface area (Å²) in [5.74, 6) is 0. The van der Waals surface area contributed by atoms with E-state index in [2.05, 4.69) is 82.7 Å². The van der Waals surface area contributed by atoms with Gasteiger partial charge in [-0.3, -0.25) is 0 Å². The predicted octanol–water partition coefficient (Wildman–Crippen LogP) is 5.61. The molecule has 0 amide bonds. The fourth-order valence-electron chi connectivity index (χ4n) is 3.29. The second-order valence-corrected chi connectivity index (χ2v) is 6.51. The van der Waals surface area contributed by atoms with Gasteiger partial charge >= 0.3 is 0 Å². The summed E-state index contributed by atoms with van der Waals surface area (Å²) in [5.41, 5.74) is 8.51. The fourth-order valence-corrected chi connectivity index (χ4v) is 3.84. The van der Waals surface area contributed by atoms with Gasteiger partial charge in [-0.2, -0.15) is 0 Å². The molecule has 1 aliphatic rings. The standard InChI is InChI=1S/C20H15Br/c21-18-12-16(10-14-6-2-1-3-7-14)20-17(13-18)11-15-8-4-5-9-19(15)20/h1-9,12-13H,10-11H2. The number of fused-ring (bicyclic) bond motifs is 3. The average Bonchev–Trinajstić information content (AvgIpc) is 2.86. The molecule has 0 atom stereocenters. The first-order valence-corrected chi connectivity index (χ1v) is 8.04. The molecule has 21 heavy (non-hydrogen) atoms. The van der Waals surface area contributed by atoms with E-state index in [-0.39, 0.29) is 0 Å². The van der Waals surface area contributed by atoms with E-state index >= 15 is 0 Å². The molecular formula is C20H15Br. The summed E-state index contributed by atoms with van der Waals surface area (Å²) in [4.78, 5) is 0. The molecule has 0 saturated carbocycles. The van der Waals surface area contributed by atoms with Gasteiger partial charge in [0.05, 0.1) is 0 Å². The minimum Gasteiger partial charge on any atom is -0.0622 e. The Balaban J connectivity index is 1.86. The normalized spacial score (nSPS) is 12.0. The number of benzene rings is 3. The molecule has 0 N–H and O–H groups in total. The van der Waals surface area contributed by atoms with E-state index in [9.17, 15) is 0 Å². The Labute approximate surface area is 133 Å². The summed E-state index contributed by atoms with van der Waals surface area (Å²) >= 11 is 3.67. The lowest BCUT2D eigenvalue weighted by Gasteiger charge is -2.11. The Morgan fingerprint density at radius 2 is 1.57 bits per heavy atom. The molecule has 3 aromatic rings. The first kappa shape index (κ1) is 12.8. The summed E-state index contributed by atoms with van der Waals surface area (Å²) in [5, 5.41) is 0. The molecule has 0 spiro atoms. The van der Waals surface area contributed by atoms with Crippen molar-refractivity contribution in [1.29, 1.82) is 0 Å². The van der Waals surface area contributed by atoms with Gasteiger partial charge in [-0.25, -0.2) is 0 Å². The van der Waals surface area contributed by atoms with Crippen LogP contribution >= 0.6 is 15.9 Å². The van der Waals surface area contributed by atoms with Crippen molar-refractivity contribution in [2.75, 3.05) is 0 Å². The monoisotopic (exact) mass is 334 g/mol. The number of hydrogen-bond acceptors (Lipinski definition) is 0. The fraction of sp³-hybridized carbons (Fsp3) is 0.100. The quantitative estimate of drug-likeness (QED) is 0.447. The van der Waals surface area contributed by atoms with Crippen LogP contribution in [0, 0.1) is 0 Å². The summed E-state index contributed by atoms with van der Waals surface area (Å²) in [6.45, 7) is 0. The SMILES string of the molecule is Brc1cc(Cc2ccccc2)c2c(c1)Cc1ccccc1-2. The van der Waals surface area contributed by atoms with E-state index in [1.54, 1.807) is 0 Å². The Morgan fingerprint density at radius 3 is 2.43 bits per heavy atom. The molecular weight excluding hydrogens is 320 g/mol. The van der Waals surface area contributed by atoms with Crippen LogP contribution in [0.3, 0.4) is 0 Å². The summed E-state index contributed by atoms with van der Waals surface area (Å²) in [7, 11) is 0. The zero-order valence-corrected chi connectivity index (χ0v) is 13.2. The molecule has 1 heteroatoms. The van der Waals surface area contributed by atoms with Gasteiger partial charge in [-0.1, -0.05) is 70.5 Å². The van der Waals surface area contributed by atoms with Gasteiger partial charge in [0.15, 0.2) is 0 Å². The van der Waals surface area contributed by atoms with E-state index in [1.165, 1.54) is 37.9 Å². The van der Waals surface area contributed by atoms with E-state index in [0.717, 1.165) is 12.8 Å². The van der Waals surface area contributed by atoms with Crippen molar-refractivity contribution in [3.63, 3.8) is 0 Å². The van der Waals surface area contributed by atoms with Gasteiger partial charge in [-0.05, 0) is 58.4 Å². The van der Waals surface area contributed by atoms with Crippen LogP contribution in [0.2, 0.25) is 0 Å². The van der Waals surface area contributed by atoms with E-state index in [1.807, 2.05) is 0 Å². The minimum absolute atomic E-state index is 0.983. The van der Waals surface area contributed by atoms with Gasteiger partial charge < -0.3 is 0 Å². The highest BCUT2D eigenvalue weighted by molar-refractivity contribution is 9.10. The second-order valence-electron chi connectivity index (χ2n) is 5.60. The highest BCUT2D eigenvalue weighted by Crippen LogP contribution is 2.41. The lowest BCUT2D eigenvalue weighted by atomic mass is 9.95. The number of hydrogen-bond donors (Lipinski definition) is 0. The Hall–Kier alpha value is -1.86. The predicted molar refractivity (Wildman–Crippen MR) is 91.6 cm³/mol. The summed E-state index contributed by atoms with van der Waals surface area (Å²) < 4.78 is 1.18. The van der Waals surface area contributed by atoms with Crippen molar-refractivity contribution in [1.82, 2.24) is 0 Å². The second kappa shape index (κ2) is 5.16. The van der Waals surface area contributed by atoms with Crippen LogP contribution in [0.15, 0.2) is 71.2 Å². The summed E-state index contributed by atoms with van der Waals surface area (Å²) in [6.07, 6.45) is 2.03. The van der Waals surface area contributed by atoms with Crippen LogP contribution in [-0.4, -0.2) is 0 Å². The van der Waals surface area contributed by atoms with Crippen LogP contribution < -0.4 is 0 Å². The Bertz CT molecular complexity index is 803. The first-order chi connectivity index (χ1) is 10.3. The number of rotatable bonds is 2. The minimum atomic E-state index is 0.983. The maximum atomic E-state index is 3.67. The molecule has 3 aromatic carbocycles. The molecule has 0 aromatic heterocycles. The maximum Gasteiger partial charge on any atom is 0.0181 e. The summed E-state index contributed by atoms with van der Waals surface area (Å²) in [6, 6.07) is 24.0. The van der Waals surface area contributed by atoms with E-state index in [0.29, 0.717) is 0 Å². The van der Waals surface area contributed by atoms with E-state index < -0.39 is 0 Å². The van der Waals surface area contributed by atoms with Crippen LogP contribution in [0.4, 0.5) is 0 Å². The van der Waals surface area contributed by atoms with Gasteiger partial charge in [-0.15, -0.1) is 0 Å². The van der Waals surface area contributed by atoms with Crippen LogP contribution in [0.1, 0.15) is 22.3 Å². The lowest BCUT2D eigenvalue weighted by Crippen LogP contribution is -1.93. The molecule has 4 rings (SSSR count). The Morgan fingerprint density at radius 1 is 0.810 bits per heavy atom. The third kappa shape index (κ3) is 2.32. The Kier molecular flexibility index (Phi) is 3.16.